The number of hydrogen-bond acceptors (Lipinski definition) is 4. The Morgan fingerprint density at radius 3 is 1.31 bits per heavy atom. The molecule has 5 aromatic rings. The first-order chi connectivity index (χ1) is 17.2. The fourth-order valence-electron chi connectivity index (χ4n) is 4.82. The van der Waals surface area contributed by atoms with Crippen molar-refractivity contribution in [3.05, 3.63) is 121 Å². The van der Waals surface area contributed by atoms with Gasteiger partial charge in [0.1, 0.15) is 6.67 Å². The van der Waals surface area contributed by atoms with E-state index in [1.165, 1.54) is 33.4 Å². The average Bonchev–Trinajstić information content (AvgIpc) is 3.29. The highest BCUT2D eigenvalue weighted by atomic mass is 15.4. The van der Waals surface area contributed by atoms with E-state index in [4.69, 9.17) is 0 Å². The number of fused-ring (bicyclic) bond motifs is 1. The van der Waals surface area contributed by atoms with Gasteiger partial charge >= 0.3 is 0 Å². The summed E-state index contributed by atoms with van der Waals surface area (Å²) in [5.41, 5.74) is 9.71. The van der Waals surface area contributed by atoms with Crippen LogP contribution in [0.4, 0.5) is 23.0 Å². The molecule has 4 heteroatoms. The van der Waals surface area contributed by atoms with Gasteiger partial charge in [-0.25, -0.2) is 9.97 Å². The van der Waals surface area contributed by atoms with Crippen molar-refractivity contribution in [2.75, 3.05) is 16.5 Å². The highest BCUT2D eigenvalue weighted by molar-refractivity contribution is 5.83. The maximum absolute atomic E-state index is 4.69. The van der Waals surface area contributed by atoms with Gasteiger partial charge < -0.3 is 9.80 Å². The zero-order valence-electron chi connectivity index (χ0n) is 19.9. The Morgan fingerprint density at radius 2 is 0.914 bits per heavy atom. The first-order valence-corrected chi connectivity index (χ1v) is 11.9. The minimum Gasteiger partial charge on any atom is -0.305 e. The van der Waals surface area contributed by atoms with Crippen LogP contribution in [0.5, 0.6) is 0 Å². The van der Waals surface area contributed by atoms with E-state index >= 15 is 0 Å². The molecule has 35 heavy (non-hydrogen) atoms. The van der Waals surface area contributed by atoms with Crippen LogP contribution in [0.15, 0.2) is 109 Å². The third kappa shape index (κ3) is 3.83. The fourth-order valence-corrected chi connectivity index (χ4v) is 4.82. The van der Waals surface area contributed by atoms with Gasteiger partial charge in [-0.15, -0.1) is 0 Å². The summed E-state index contributed by atoms with van der Waals surface area (Å²) < 4.78 is 0. The Kier molecular flexibility index (Phi) is 5.27. The van der Waals surface area contributed by atoms with Crippen molar-refractivity contribution in [2.24, 2.45) is 0 Å². The molecule has 170 valence electrons. The maximum atomic E-state index is 4.69. The Morgan fingerprint density at radius 1 is 0.514 bits per heavy atom. The van der Waals surface area contributed by atoms with Crippen molar-refractivity contribution in [1.82, 2.24) is 9.97 Å². The number of aromatic nitrogens is 2. The lowest BCUT2D eigenvalue weighted by Crippen LogP contribution is -2.24. The summed E-state index contributed by atoms with van der Waals surface area (Å²) >= 11 is 0. The lowest BCUT2D eigenvalue weighted by Gasteiger charge is -2.21. The first kappa shape index (κ1) is 21.1. The highest BCUT2D eigenvalue weighted by Gasteiger charge is 2.30. The molecule has 0 bridgehead atoms. The van der Waals surface area contributed by atoms with E-state index in [2.05, 4.69) is 131 Å². The van der Waals surface area contributed by atoms with E-state index < -0.39 is 0 Å². The molecule has 0 N–H and O–H groups in total. The summed E-state index contributed by atoms with van der Waals surface area (Å²) in [5, 5.41) is 0. The quantitative estimate of drug-likeness (QED) is 0.279. The van der Waals surface area contributed by atoms with Gasteiger partial charge in [-0.05, 0) is 71.5 Å². The molecule has 0 saturated carbocycles. The largest absolute Gasteiger partial charge is 0.305 e. The van der Waals surface area contributed by atoms with Crippen LogP contribution in [0.25, 0.3) is 22.3 Å². The van der Waals surface area contributed by atoms with Crippen LogP contribution in [0, 0.1) is 13.8 Å². The highest BCUT2D eigenvalue weighted by Crippen LogP contribution is 2.42. The second kappa shape index (κ2) is 8.73. The van der Waals surface area contributed by atoms with Crippen molar-refractivity contribution in [2.45, 2.75) is 13.8 Å². The van der Waals surface area contributed by atoms with Crippen LogP contribution in [0.1, 0.15) is 11.1 Å². The van der Waals surface area contributed by atoms with Crippen molar-refractivity contribution in [3.8, 4) is 22.3 Å². The molecule has 4 nitrogen and oxygen atoms in total. The van der Waals surface area contributed by atoms with E-state index in [1.807, 2.05) is 0 Å². The number of nitrogens with zero attached hydrogens (tertiary/aromatic N) is 4. The molecular weight excluding hydrogens is 428 g/mol. The third-order valence-corrected chi connectivity index (χ3v) is 6.72. The molecular formula is C31H26N4. The Labute approximate surface area is 206 Å². The number of benzene rings is 4. The summed E-state index contributed by atoms with van der Waals surface area (Å²) in [6.07, 6.45) is 3.52. The molecule has 0 fully saturated rings. The number of hydrogen-bond donors (Lipinski definition) is 0. The third-order valence-electron chi connectivity index (χ3n) is 6.72. The summed E-state index contributed by atoms with van der Waals surface area (Å²) in [6.45, 7) is 4.96. The van der Waals surface area contributed by atoms with Crippen molar-refractivity contribution < 1.29 is 0 Å². The van der Waals surface area contributed by atoms with Crippen LogP contribution >= 0.6 is 0 Å². The summed E-state index contributed by atoms with van der Waals surface area (Å²) in [7, 11) is 0. The predicted octanol–water partition coefficient (Wildman–Crippen LogP) is 7.67. The van der Waals surface area contributed by atoms with Gasteiger partial charge in [0.05, 0.1) is 0 Å². The minimum absolute atomic E-state index is 0.659. The molecule has 4 aromatic carbocycles. The van der Waals surface area contributed by atoms with Gasteiger partial charge in [-0.2, -0.15) is 0 Å². The zero-order chi connectivity index (χ0) is 23.8. The molecule has 0 aliphatic carbocycles. The molecule has 2 heterocycles. The molecule has 0 unspecified atom stereocenters. The zero-order valence-corrected chi connectivity index (χ0v) is 19.9. The van der Waals surface area contributed by atoms with E-state index in [9.17, 15) is 0 Å². The Balaban J connectivity index is 1.31. The molecule has 6 rings (SSSR count). The molecule has 1 aliphatic heterocycles. The summed E-state index contributed by atoms with van der Waals surface area (Å²) in [4.78, 5) is 13.8. The molecule has 0 amide bonds. The molecule has 0 spiro atoms. The van der Waals surface area contributed by atoms with Gasteiger partial charge in [0, 0.05) is 23.8 Å². The Hall–Kier alpha value is -4.44. The van der Waals surface area contributed by atoms with Gasteiger partial charge in [0.25, 0.3) is 0 Å². The van der Waals surface area contributed by atoms with Gasteiger partial charge in [-0.3, -0.25) is 0 Å². The smallest absolute Gasteiger partial charge is 0.178 e. The monoisotopic (exact) mass is 454 g/mol. The number of aryl methyl sites for hydroxylation is 2. The van der Waals surface area contributed by atoms with Gasteiger partial charge in [-0.1, -0.05) is 72.8 Å². The van der Waals surface area contributed by atoms with Gasteiger partial charge in [0.15, 0.2) is 11.6 Å². The van der Waals surface area contributed by atoms with Crippen LogP contribution in [-0.2, 0) is 0 Å². The topological polar surface area (TPSA) is 32.3 Å². The predicted molar refractivity (Wildman–Crippen MR) is 144 cm³/mol. The van der Waals surface area contributed by atoms with Gasteiger partial charge in [0.2, 0.25) is 0 Å². The molecule has 0 atom stereocenters. The summed E-state index contributed by atoms with van der Waals surface area (Å²) in [5.74, 6) is 1.75. The number of anilines is 4. The maximum Gasteiger partial charge on any atom is 0.178 e. The van der Waals surface area contributed by atoms with Crippen LogP contribution < -0.4 is 9.80 Å². The lowest BCUT2D eigenvalue weighted by molar-refractivity contribution is 0.976. The van der Waals surface area contributed by atoms with E-state index in [0.717, 1.165) is 23.0 Å². The van der Waals surface area contributed by atoms with Crippen molar-refractivity contribution >= 4 is 23.0 Å². The Bertz CT molecular complexity index is 1380. The standard InChI is InChI=1S/C31H26N4/c1-22-7-3-5-9-28(22)24-11-15-26(16-12-24)34-21-35(31-30(34)32-19-20-33-31)27-17-13-25(14-18-27)29-10-6-4-8-23(29)2/h3-20H,21H2,1-2H3. The van der Waals surface area contributed by atoms with Crippen molar-refractivity contribution in [1.29, 1.82) is 0 Å². The van der Waals surface area contributed by atoms with Crippen molar-refractivity contribution in [3.63, 3.8) is 0 Å². The van der Waals surface area contributed by atoms with E-state index in [0.29, 0.717) is 6.67 Å². The lowest BCUT2D eigenvalue weighted by atomic mass is 10.0. The SMILES string of the molecule is Cc1ccccc1-c1ccc(N2CN(c3ccc(-c4ccccc4C)cc3)c3nccnc32)cc1. The van der Waals surface area contributed by atoms with E-state index in [-0.39, 0.29) is 0 Å². The molecule has 1 aromatic heterocycles. The first-order valence-electron chi connectivity index (χ1n) is 11.9. The molecule has 0 radical (unpaired) electrons. The second-order valence-electron chi connectivity index (χ2n) is 8.92. The normalized spacial score (nSPS) is 12.6. The second-order valence-corrected chi connectivity index (χ2v) is 8.92. The number of rotatable bonds is 4. The minimum atomic E-state index is 0.659. The summed E-state index contributed by atoms with van der Waals surface area (Å²) in [6, 6.07) is 34.4. The van der Waals surface area contributed by atoms with Crippen LogP contribution in [0.2, 0.25) is 0 Å². The molecule has 0 saturated heterocycles. The fraction of sp³-hybridized carbons (Fsp3) is 0.0968. The van der Waals surface area contributed by atoms with Crippen LogP contribution in [-0.4, -0.2) is 16.6 Å². The van der Waals surface area contributed by atoms with Crippen LogP contribution in [0.3, 0.4) is 0 Å². The molecule has 1 aliphatic rings. The van der Waals surface area contributed by atoms with E-state index in [1.54, 1.807) is 12.4 Å². The average molecular weight is 455 g/mol.